The van der Waals surface area contributed by atoms with E-state index >= 15 is 0 Å². The third-order valence-corrected chi connectivity index (χ3v) is 4.59. The lowest BCUT2D eigenvalue weighted by molar-refractivity contribution is -0.143. The summed E-state index contributed by atoms with van der Waals surface area (Å²) in [5.41, 5.74) is 0.247. The van der Waals surface area contributed by atoms with Gasteiger partial charge in [-0.3, -0.25) is 14.4 Å². The van der Waals surface area contributed by atoms with E-state index in [1.54, 1.807) is 33.8 Å². The first-order chi connectivity index (χ1) is 15.4. The van der Waals surface area contributed by atoms with Crippen LogP contribution in [0.25, 0.3) is 0 Å². The number of phenols is 1. The van der Waals surface area contributed by atoms with Crippen LogP contribution in [0.15, 0.2) is 18.2 Å². The number of benzene rings is 1. The number of carbonyl (C=O) groups is 4. The molecule has 0 saturated heterocycles. The molecule has 10 heteroatoms. The van der Waals surface area contributed by atoms with Crippen LogP contribution >= 0.6 is 0 Å². The average molecular weight is 466 g/mol. The maximum atomic E-state index is 13.1. The molecule has 3 N–H and O–H groups in total. The minimum Gasteiger partial charge on any atom is -0.508 e. The van der Waals surface area contributed by atoms with Crippen LogP contribution in [0.4, 0.5) is 4.79 Å². The topological polar surface area (TPSA) is 134 Å². The Hall–Kier alpha value is -3.30. The zero-order chi connectivity index (χ0) is 25.2. The number of alkyl carbamates (subject to hydrolysis) is 1. The Kier molecular flexibility index (Phi) is 10.6. The second-order valence-electron chi connectivity index (χ2n) is 8.54. The number of aryl methyl sites for hydroxylation is 1. The first kappa shape index (κ1) is 27.7. The number of nitrogens with zero attached hydrogens (tertiary/aromatic N) is 1. The zero-order valence-corrected chi connectivity index (χ0v) is 20.2. The maximum absolute atomic E-state index is 13.1. The van der Waals surface area contributed by atoms with Crippen LogP contribution in [0.1, 0.15) is 57.7 Å². The number of carbonyl (C=O) groups excluding carboxylic acids is 4. The second kappa shape index (κ2) is 12.7. The van der Waals surface area contributed by atoms with E-state index in [-0.39, 0.29) is 25.4 Å². The van der Waals surface area contributed by atoms with E-state index in [1.807, 2.05) is 6.92 Å². The van der Waals surface area contributed by atoms with E-state index in [2.05, 4.69) is 15.4 Å². The van der Waals surface area contributed by atoms with Gasteiger partial charge in [-0.25, -0.2) is 4.79 Å². The van der Waals surface area contributed by atoms with Crippen LogP contribution in [0.5, 0.6) is 5.75 Å². The van der Waals surface area contributed by atoms with Crippen molar-refractivity contribution in [2.45, 2.75) is 59.1 Å². The first-order valence-electron chi connectivity index (χ1n) is 10.8. The van der Waals surface area contributed by atoms with Gasteiger partial charge in [0.2, 0.25) is 11.8 Å². The van der Waals surface area contributed by atoms with Gasteiger partial charge in [0.15, 0.2) is 0 Å². The number of esters is 1. The molecule has 0 saturated carbocycles. The quantitative estimate of drug-likeness (QED) is 0.451. The van der Waals surface area contributed by atoms with Crippen molar-refractivity contribution >= 4 is 23.9 Å². The SMILES string of the molecule is CCCCN(C(=O)CNC(=O)OC(C)(C)C)C(C(=O)NCC(=O)OC)c1ccc(O)c(C)c1. The number of amides is 3. The smallest absolute Gasteiger partial charge is 0.408 e. The molecule has 1 unspecified atom stereocenters. The van der Waals surface area contributed by atoms with Crippen LogP contribution in [0.3, 0.4) is 0 Å². The Morgan fingerprint density at radius 3 is 2.33 bits per heavy atom. The van der Waals surface area contributed by atoms with Gasteiger partial charge in [0, 0.05) is 6.54 Å². The highest BCUT2D eigenvalue weighted by Crippen LogP contribution is 2.27. The van der Waals surface area contributed by atoms with Gasteiger partial charge >= 0.3 is 12.1 Å². The number of ether oxygens (including phenoxy) is 2. The largest absolute Gasteiger partial charge is 0.508 e. The molecular weight excluding hydrogens is 430 g/mol. The van der Waals surface area contributed by atoms with Crippen LogP contribution in [0, 0.1) is 6.92 Å². The summed E-state index contributed by atoms with van der Waals surface area (Å²) in [6.07, 6.45) is 0.614. The van der Waals surface area contributed by atoms with Gasteiger partial charge in [-0.2, -0.15) is 0 Å². The summed E-state index contributed by atoms with van der Waals surface area (Å²) in [4.78, 5) is 51.1. The summed E-state index contributed by atoms with van der Waals surface area (Å²) < 4.78 is 9.74. The molecule has 0 fully saturated rings. The summed E-state index contributed by atoms with van der Waals surface area (Å²) in [6, 6.07) is 3.49. The lowest BCUT2D eigenvalue weighted by Gasteiger charge is -2.32. The number of aromatic hydroxyl groups is 1. The van der Waals surface area contributed by atoms with E-state index in [0.29, 0.717) is 17.5 Å². The maximum Gasteiger partial charge on any atom is 0.408 e. The number of rotatable bonds is 10. The Labute approximate surface area is 194 Å². The Morgan fingerprint density at radius 1 is 1.12 bits per heavy atom. The summed E-state index contributed by atoms with van der Waals surface area (Å²) in [5, 5.41) is 14.8. The molecule has 10 nitrogen and oxygen atoms in total. The number of phenolic OH excluding ortho intramolecular Hbond substituents is 1. The van der Waals surface area contributed by atoms with Crippen LogP contribution < -0.4 is 10.6 Å². The van der Waals surface area contributed by atoms with Crippen molar-refractivity contribution in [3.63, 3.8) is 0 Å². The summed E-state index contributed by atoms with van der Waals surface area (Å²) in [5.74, 6) is -1.68. The highest BCUT2D eigenvalue weighted by atomic mass is 16.6. The van der Waals surface area contributed by atoms with Gasteiger partial charge in [0.25, 0.3) is 0 Å². The van der Waals surface area contributed by atoms with E-state index in [0.717, 1.165) is 6.42 Å². The molecule has 0 aliphatic carbocycles. The zero-order valence-electron chi connectivity index (χ0n) is 20.2. The number of nitrogens with one attached hydrogen (secondary N) is 2. The monoisotopic (exact) mass is 465 g/mol. The van der Waals surface area contributed by atoms with Crippen molar-refractivity contribution in [1.82, 2.24) is 15.5 Å². The van der Waals surface area contributed by atoms with Gasteiger partial charge < -0.3 is 30.1 Å². The molecule has 3 amide bonds. The van der Waals surface area contributed by atoms with Gasteiger partial charge in [-0.15, -0.1) is 0 Å². The van der Waals surface area contributed by atoms with Crippen LogP contribution in [-0.2, 0) is 23.9 Å². The third kappa shape index (κ3) is 9.38. The standard InChI is InChI=1S/C23H35N3O7/c1-7-8-11-26(18(28)13-25-22(31)33-23(3,4)5)20(21(30)24-14-19(29)32-6)16-9-10-17(27)15(2)12-16/h9-10,12,20,27H,7-8,11,13-14H2,1-6H3,(H,24,30)(H,25,31). The number of unbranched alkanes of at least 4 members (excludes halogenated alkanes) is 1. The van der Waals surface area contributed by atoms with Crippen molar-refractivity contribution in [3.05, 3.63) is 29.3 Å². The molecular formula is C23H35N3O7. The van der Waals surface area contributed by atoms with Crippen LogP contribution in [0.2, 0.25) is 0 Å². The van der Waals surface area contributed by atoms with Crippen molar-refractivity contribution in [2.24, 2.45) is 0 Å². The first-order valence-corrected chi connectivity index (χ1v) is 10.8. The molecule has 1 aromatic carbocycles. The summed E-state index contributed by atoms with van der Waals surface area (Å²) >= 11 is 0. The molecule has 0 radical (unpaired) electrons. The highest BCUT2D eigenvalue weighted by molar-refractivity contribution is 5.92. The van der Waals surface area contributed by atoms with Crippen molar-refractivity contribution in [1.29, 1.82) is 0 Å². The highest BCUT2D eigenvalue weighted by Gasteiger charge is 2.32. The molecule has 0 bridgehead atoms. The Balaban J connectivity index is 3.22. The minimum absolute atomic E-state index is 0.0468. The molecule has 0 aliphatic rings. The fourth-order valence-electron chi connectivity index (χ4n) is 2.94. The van der Waals surface area contributed by atoms with Crippen LogP contribution in [-0.4, -0.2) is 66.2 Å². The van der Waals surface area contributed by atoms with E-state index in [9.17, 15) is 24.3 Å². The lowest BCUT2D eigenvalue weighted by atomic mass is 10.0. The third-order valence-electron chi connectivity index (χ3n) is 4.59. The summed E-state index contributed by atoms with van der Waals surface area (Å²) in [6.45, 7) is 8.22. The molecule has 33 heavy (non-hydrogen) atoms. The predicted molar refractivity (Wildman–Crippen MR) is 121 cm³/mol. The van der Waals surface area contributed by atoms with Crippen molar-refractivity contribution in [3.8, 4) is 5.75 Å². The number of hydrogen-bond acceptors (Lipinski definition) is 7. The van der Waals surface area contributed by atoms with E-state index in [1.165, 1.54) is 24.1 Å². The van der Waals surface area contributed by atoms with Gasteiger partial charge in [0.1, 0.15) is 30.5 Å². The van der Waals surface area contributed by atoms with Gasteiger partial charge in [-0.1, -0.05) is 19.4 Å². The number of methoxy groups -OCH3 is 1. The second-order valence-corrected chi connectivity index (χ2v) is 8.54. The molecule has 0 heterocycles. The van der Waals surface area contributed by atoms with Gasteiger partial charge in [0.05, 0.1) is 7.11 Å². The van der Waals surface area contributed by atoms with E-state index in [4.69, 9.17) is 4.74 Å². The normalized spacial score (nSPS) is 11.8. The fourth-order valence-corrected chi connectivity index (χ4v) is 2.94. The van der Waals surface area contributed by atoms with E-state index < -0.39 is 35.5 Å². The molecule has 1 rings (SSSR count). The molecule has 1 aromatic rings. The predicted octanol–water partition coefficient (Wildman–Crippen LogP) is 2.18. The van der Waals surface area contributed by atoms with Crippen molar-refractivity contribution in [2.75, 3.05) is 26.7 Å². The van der Waals surface area contributed by atoms with Gasteiger partial charge in [-0.05, 0) is 57.4 Å². The van der Waals surface area contributed by atoms with Crippen molar-refractivity contribution < 1.29 is 33.8 Å². The Bertz CT molecular complexity index is 849. The molecule has 0 aliphatic heterocycles. The molecule has 0 spiro atoms. The average Bonchev–Trinajstić information content (AvgIpc) is 2.73. The minimum atomic E-state index is -1.09. The molecule has 0 aromatic heterocycles. The number of hydrogen-bond donors (Lipinski definition) is 3. The fraction of sp³-hybridized carbons (Fsp3) is 0.565. The lowest BCUT2D eigenvalue weighted by Crippen LogP contribution is -2.48. The summed E-state index contributed by atoms with van der Waals surface area (Å²) in [7, 11) is 1.20. The molecule has 1 atom stereocenters. The Morgan fingerprint density at radius 2 is 1.79 bits per heavy atom. The molecule has 184 valence electrons.